The first-order valence-electron chi connectivity index (χ1n) is 7.04. The predicted molar refractivity (Wildman–Crippen MR) is 91.4 cm³/mol. The molecule has 6 nitrogen and oxygen atoms in total. The highest BCUT2D eigenvalue weighted by molar-refractivity contribution is 7.80. The van der Waals surface area contributed by atoms with E-state index in [4.69, 9.17) is 22.3 Å². The van der Waals surface area contributed by atoms with E-state index in [0.717, 1.165) is 37.6 Å². The van der Waals surface area contributed by atoms with Gasteiger partial charge in [-0.25, -0.2) is 0 Å². The molecule has 8 heteroatoms. The van der Waals surface area contributed by atoms with E-state index in [0.29, 0.717) is 0 Å². The number of rotatable bonds is 9. The highest BCUT2D eigenvalue weighted by atomic mass is 32.3. The van der Waals surface area contributed by atoms with Gasteiger partial charge >= 0.3 is 10.4 Å². The van der Waals surface area contributed by atoms with E-state index in [1.165, 1.54) is 18.4 Å². The molecule has 0 radical (unpaired) electrons. The van der Waals surface area contributed by atoms with Crippen molar-refractivity contribution in [3.63, 3.8) is 0 Å². The molecule has 128 valence electrons. The number of unbranched alkanes of at least 4 members (excludes halogenated alkanes) is 2. The van der Waals surface area contributed by atoms with Crippen molar-refractivity contribution in [3.05, 3.63) is 29.8 Å². The standard InChI is InChI=1S/C14H23NOS.H2O4S/c1-13-7-3-4-8-14(13)16-11-6-2-5-9-15-10-12-17;1-5(2,3)4/h3-4,7-8,15,17H,2,5-6,9-12H2,1H3;(H2,1,2,3,4). The summed E-state index contributed by atoms with van der Waals surface area (Å²) in [6.45, 7) is 4.99. The van der Waals surface area contributed by atoms with Crippen LogP contribution in [0.2, 0.25) is 0 Å². The number of aryl methyl sites for hydroxylation is 1. The molecule has 0 amide bonds. The molecule has 0 saturated heterocycles. The number of nitrogens with one attached hydrogen (secondary N) is 1. The maximum Gasteiger partial charge on any atom is 0.394 e. The number of hydrogen-bond acceptors (Lipinski definition) is 5. The van der Waals surface area contributed by atoms with Crippen LogP contribution < -0.4 is 10.1 Å². The second-order valence-electron chi connectivity index (χ2n) is 4.60. The van der Waals surface area contributed by atoms with Crippen LogP contribution in [0.4, 0.5) is 0 Å². The summed E-state index contributed by atoms with van der Waals surface area (Å²) in [6.07, 6.45) is 3.55. The first-order chi connectivity index (χ1) is 10.3. The van der Waals surface area contributed by atoms with Gasteiger partial charge in [0.15, 0.2) is 0 Å². The minimum Gasteiger partial charge on any atom is -0.493 e. The Kier molecular flexibility index (Phi) is 12.3. The fourth-order valence-corrected chi connectivity index (χ4v) is 1.79. The highest BCUT2D eigenvalue weighted by Crippen LogP contribution is 2.16. The molecule has 0 aromatic heterocycles. The maximum absolute atomic E-state index is 8.74. The molecular weight excluding hydrogens is 326 g/mol. The minimum absolute atomic E-state index is 0.817. The van der Waals surface area contributed by atoms with E-state index in [1.807, 2.05) is 18.2 Å². The molecule has 3 N–H and O–H groups in total. The number of ether oxygens (including phenoxy) is 1. The lowest BCUT2D eigenvalue weighted by Crippen LogP contribution is -2.17. The summed E-state index contributed by atoms with van der Waals surface area (Å²) < 4.78 is 37.3. The third-order valence-corrected chi connectivity index (χ3v) is 2.86. The molecule has 0 aliphatic carbocycles. The van der Waals surface area contributed by atoms with Gasteiger partial charge in [-0.3, -0.25) is 9.11 Å². The van der Waals surface area contributed by atoms with Crippen molar-refractivity contribution in [3.8, 4) is 5.75 Å². The molecule has 1 rings (SSSR count). The first-order valence-corrected chi connectivity index (χ1v) is 9.07. The van der Waals surface area contributed by atoms with Gasteiger partial charge in [-0.1, -0.05) is 18.2 Å². The average molecular weight is 351 g/mol. The zero-order valence-electron chi connectivity index (χ0n) is 12.7. The summed E-state index contributed by atoms with van der Waals surface area (Å²) >= 11 is 4.15. The average Bonchev–Trinajstić information content (AvgIpc) is 2.42. The van der Waals surface area contributed by atoms with Crippen LogP contribution in [-0.2, 0) is 10.4 Å². The van der Waals surface area contributed by atoms with Crippen LogP contribution in [0.3, 0.4) is 0 Å². The van der Waals surface area contributed by atoms with Gasteiger partial charge in [0.2, 0.25) is 0 Å². The lowest BCUT2D eigenvalue weighted by molar-refractivity contribution is 0.303. The molecule has 1 aromatic rings. The van der Waals surface area contributed by atoms with E-state index in [9.17, 15) is 0 Å². The summed E-state index contributed by atoms with van der Waals surface area (Å²) in [7, 11) is -4.67. The van der Waals surface area contributed by atoms with Crippen molar-refractivity contribution in [1.29, 1.82) is 0 Å². The summed E-state index contributed by atoms with van der Waals surface area (Å²) in [5.74, 6) is 1.93. The van der Waals surface area contributed by atoms with Crippen LogP contribution in [0.25, 0.3) is 0 Å². The van der Waals surface area contributed by atoms with Gasteiger partial charge in [0, 0.05) is 12.3 Å². The third-order valence-electron chi connectivity index (χ3n) is 2.64. The summed E-state index contributed by atoms with van der Waals surface area (Å²) in [5.41, 5.74) is 1.21. The Morgan fingerprint density at radius 1 is 1.14 bits per heavy atom. The molecular formula is C14H25NO5S2. The van der Waals surface area contributed by atoms with E-state index in [2.05, 4.69) is 30.9 Å². The minimum atomic E-state index is -4.67. The number of thiol groups is 1. The molecule has 0 atom stereocenters. The van der Waals surface area contributed by atoms with Gasteiger partial charge in [0.25, 0.3) is 0 Å². The third kappa shape index (κ3) is 15.6. The van der Waals surface area contributed by atoms with E-state index in [1.54, 1.807) is 0 Å². The first kappa shape index (κ1) is 21.2. The molecule has 22 heavy (non-hydrogen) atoms. The molecule has 0 aliphatic rings. The van der Waals surface area contributed by atoms with Crippen LogP contribution in [0.5, 0.6) is 5.75 Å². The summed E-state index contributed by atoms with van der Waals surface area (Å²) in [6, 6.07) is 8.17. The molecule has 0 spiro atoms. The monoisotopic (exact) mass is 351 g/mol. The van der Waals surface area contributed by atoms with Crippen LogP contribution in [-0.4, -0.2) is 43.0 Å². The number of hydrogen-bond donors (Lipinski definition) is 4. The fraction of sp³-hybridized carbons (Fsp3) is 0.571. The Balaban J connectivity index is 0.000000763. The van der Waals surface area contributed by atoms with Gasteiger partial charge in [0.1, 0.15) is 5.75 Å². The highest BCUT2D eigenvalue weighted by Gasteiger charge is 1.97. The van der Waals surface area contributed by atoms with E-state index in [-0.39, 0.29) is 0 Å². The zero-order valence-corrected chi connectivity index (χ0v) is 14.4. The van der Waals surface area contributed by atoms with Gasteiger partial charge < -0.3 is 10.1 Å². The smallest absolute Gasteiger partial charge is 0.394 e. The normalized spacial score (nSPS) is 10.7. The van der Waals surface area contributed by atoms with Crippen molar-refractivity contribution in [2.24, 2.45) is 0 Å². The van der Waals surface area contributed by atoms with Gasteiger partial charge in [-0.2, -0.15) is 21.0 Å². The maximum atomic E-state index is 8.74. The summed E-state index contributed by atoms with van der Waals surface area (Å²) in [4.78, 5) is 0. The molecule has 0 aliphatic heterocycles. The van der Waals surface area contributed by atoms with E-state index < -0.39 is 10.4 Å². The molecule has 0 heterocycles. The Hall–Kier alpha value is -0.800. The molecule has 0 bridgehead atoms. The van der Waals surface area contributed by atoms with Gasteiger partial charge in [0.05, 0.1) is 6.61 Å². The Bertz CT molecular complexity index is 486. The predicted octanol–water partition coefficient (Wildman–Crippen LogP) is 2.41. The van der Waals surface area contributed by atoms with Gasteiger partial charge in [-0.05, 0) is 44.4 Å². The fourth-order valence-electron chi connectivity index (χ4n) is 1.63. The largest absolute Gasteiger partial charge is 0.493 e. The Morgan fingerprint density at radius 2 is 1.77 bits per heavy atom. The Morgan fingerprint density at radius 3 is 2.36 bits per heavy atom. The van der Waals surface area contributed by atoms with Crippen LogP contribution in [0, 0.1) is 6.92 Å². The van der Waals surface area contributed by atoms with Crippen LogP contribution in [0.15, 0.2) is 24.3 Å². The molecule has 0 fully saturated rings. The quantitative estimate of drug-likeness (QED) is 0.310. The topological polar surface area (TPSA) is 95.9 Å². The zero-order chi connectivity index (χ0) is 16.8. The lowest BCUT2D eigenvalue weighted by atomic mass is 10.2. The second kappa shape index (κ2) is 12.7. The van der Waals surface area contributed by atoms with Crippen LogP contribution >= 0.6 is 12.6 Å². The van der Waals surface area contributed by atoms with Crippen molar-refractivity contribution >= 4 is 23.0 Å². The van der Waals surface area contributed by atoms with Crippen molar-refractivity contribution < 1.29 is 22.3 Å². The SMILES string of the molecule is Cc1ccccc1OCCCCCNCCS.O=S(=O)(O)O. The molecule has 0 saturated carbocycles. The second-order valence-corrected chi connectivity index (χ2v) is 5.94. The van der Waals surface area contributed by atoms with Crippen molar-refractivity contribution in [1.82, 2.24) is 5.32 Å². The molecule has 0 unspecified atom stereocenters. The number of benzene rings is 1. The van der Waals surface area contributed by atoms with E-state index >= 15 is 0 Å². The van der Waals surface area contributed by atoms with Crippen molar-refractivity contribution in [2.75, 3.05) is 25.4 Å². The lowest BCUT2D eigenvalue weighted by Gasteiger charge is -2.08. The van der Waals surface area contributed by atoms with Crippen LogP contribution in [0.1, 0.15) is 24.8 Å². The summed E-state index contributed by atoms with van der Waals surface area (Å²) in [5, 5.41) is 3.34. The van der Waals surface area contributed by atoms with Gasteiger partial charge in [-0.15, -0.1) is 0 Å². The van der Waals surface area contributed by atoms with Crippen molar-refractivity contribution in [2.45, 2.75) is 26.2 Å². The molecule has 1 aromatic carbocycles. The Labute approximate surface area is 138 Å². The number of para-hydroxylation sites is 1.